The number of hydrogen-bond donors (Lipinski definition) is 2. The number of carbonyl (C=O) groups is 1. The number of carbonyl (C=O) groups excluding carboxylic acids is 1. The summed E-state index contributed by atoms with van der Waals surface area (Å²) in [6, 6.07) is 9.04. The SMILES string of the molecule is NC(=O)c1ccc(-c2nc(C3CCn4nccc4C3)n(CCCO)n2)cc1. The summed E-state index contributed by atoms with van der Waals surface area (Å²) in [6.07, 6.45) is 4.28. The van der Waals surface area contributed by atoms with Gasteiger partial charge in [-0.05, 0) is 37.5 Å². The minimum absolute atomic E-state index is 0.110. The van der Waals surface area contributed by atoms with Gasteiger partial charge in [-0.1, -0.05) is 12.1 Å². The smallest absolute Gasteiger partial charge is 0.248 e. The van der Waals surface area contributed by atoms with Gasteiger partial charge in [-0.25, -0.2) is 9.67 Å². The van der Waals surface area contributed by atoms with Crippen molar-refractivity contribution in [1.29, 1.82) is 0 Å². The highest BCUT2D eigenvalue weighted by Crippen LogP contribution is 2.29. The Kier molecular flexibility index (Phi) is 4.72. The molecule has 0 fully saturated rings. The Morgan fingerprint density at radius 3 is 2.81 bits per heavy atom. The third-order valence-electron chi connectivity index (χ3n) is 4.97. The van der Waals surface area contributed by atoms with Crippen LogP contribution in [0.1, 0.15) is 40.6 Å². The highest BCUT2D eigenvalue weighted by atomic mass is 16.3. The first kappa shape index (κ1) is 17.4. The average molecular weight is 366 g/mol. The zero-order valence-electron chi connectivity index (χ0n) is 15.0. The third kappa shape index (κ3) is 3.48. The first-order valence-corrected chi connectivity index (χ1v) is 9.12. The number of aliphatic hydroxyl groups is 1. The van der Waals surface area contributed by atoms with Crippen molar-refractivity contribution in [2.45, 2.75) is 38.3 Å². The van der Waals surface area contributed by atoms with Crippen molar-refractivity contribution in [2.24, 2.45) is 5.73 Å². The molecule has 0 radical (unpaired) electrons. The quantitative estimate of drug-likeness (QED) is 0.684. The molecule has 8 heteroatoms. The van der Waals surface area contributed by atoms with Crippen molar-refractivity contribution >= 4 is 5.91 Å². The zero-order chi connectivity index (χ0) is 18.8. The Hall–Kier alpha value is -3.00. The number of benzene rings is 1. The van der Waals surface area contributed by atoms with E-state index < -0.39 is 5.91 Å². The molecule has 1 aliphatic rings. The van der Waals surface area contributed by atoms with Crippen molar-refractivity contribution in [3.8, 4) is 11.4 Å². The maximum absolute atomic E-state index is 11.3. The van der Waals surface area contributed by atoms with Crippen LogP contribution in [0.15, 0.2) is 36.5 Å². The maximum atomic E-state index is 11.3. The minimum atomic E-state index is -0.456. The molecule has 1 atom stereocenters. The van der Waals surface area contributed by atoms with Crippen molar-refractivity contribution in [2.75, 3.05) is 6.61 Å². The lowest BCUT2D eigenvalue weighted by Crippen LogP contribution is -2.21. The first-order chi connectivity index (χ1) is 13.2. The second-order valence-corrected chi connectivity index (χ2v) is 6.77. The number of aryl methyl sites for hydroxylation is 2. The molecule has 1 aliphatic heterocycles. The monoisotopic (exact) mass is 366 g/mol. The fraction of sp³-hybridized carbons (Fsp3) is 0.368. The molecule has 8 nitrogen and oxygen atoms in total. The summed E-state index contributed by atoms with van der Waals surface area (Å²) in [5.74, 6) is 1.37. The van der Waals surface area contributed by atoms with E-state index in [1.54, 1.807) is 12.1 Å². The van der Waals surface area contributed by atoms with E-state index in [9.17, 15) is 9.90 Å². The normalized spacial score (nSPS) is 16.3. The summed E-state index contributed by atoms with van der Waals surface area (Å²) in [7, 11) is 0. The van der Waals surface area contributed by atoms with Crippen molar-refractivity contribution in [3.63, 3.8) is 0 Å². The zero-order valence-corrected chi connectivity index (χ0v) is 15.0. The van der Waals surface area contributed by atoms with Gasteiger partial charge in [0.05, 0.1) is 0 Å². The molecule has 3 heterocycles. The predicted octanol–water partition coefficient (Wildman–Crippen LogP) is 1.35. The molecular formula is C19H22N6O2. The van der Waals surface area contributed by atoms with Gasteiger partial charge in [-0.2, -0.15) is 10.2 Å². The van der Waals surface area contributed by atoms with Gasteiger partial charge in [0.1, 0.15) is 5.82 Å². The van der Waals surface area contributed by atoms with Crippen LogP contribution in [0.2, 0.25) is 0 Å². The Bertz CT molecular complexity index is 944. The average Bonchev–Trinajstić information content (AvgIpc) is 3.32. The van der Waals surface area contributed by atoms with Crippen molar-refractivity contribution < 1.29 is 9.90 Å². The van der Waals surface area contributed by atoms with Gasteiger partial charge >= 0.3 is 0 Å². The Morgan fingerprint density at radius 2 is 2.07 bits per heavy atom. The van der Waals surface area contributed by atoms with Crippen LogP contribution in [-0.2, 0) is 19.5 Å². The van der Waals surface area contributed by atoms with Crippen LogP contribution in [0.25, 0.3) is 11.4 Å². The van der Waals surface area contributed by atoms with Crippen LogP contribution in [0.4, 0.5) is 0 Å². The van der Waals surface area contributed by atoms with Crippen LogP contribution < -0.4 is 5.73 Å². The molecule has 3 N–H and O–H groups in total. The van der Waals surface area contributed by atoms with E-state index >= 15 is 0 Å². The van der Waals surface area contributed by atoms with Crippen LogP contribution >= 0.6 is 0 Å². The van der Waals surface area contributed by atoms with E-state index in [4.69, 9.17) is 10.7 Å². The molecule has 1 unspecified atom stereocenters. The number of nitrogens with zero attached hydrogens (tertiary/aromatic N) is 5. The third-order valence-corrected chi connectivity index (χ3v) is 4.97. The van der Waals surface area contributed by atoms with Gasteiger partial charge in [0.2, 0.25) is 5.91 Å². The Morgan fingerprint density at radius 1 is 1.26 bits per heavy atom. The molecule has 0 saturated carbocycles. The maximum Gasteiger partial charge on any atom is 0.248 e. The second-order valence-electron chi connectivity index (χ2n) is 6.77. The molecule has 27 heavy (non-hydrogen) atoms. The van der Waals surface area contributed by atoms with Gasteiger partial charge in [0.25, 0.3) is 0 Å². The number of nitrogens with two attached hydrogens (primary N) is 1. The number of hydrogen-bond acceptors (Lipinski definition) is 5. The standard InChI is InChI=1S/C19H22N6O2/c20-17(27)13-2-4-14(5-3-13)18-22-19(25(23-18)9-1-11-26)15-7-10-24-16(12-15)6-8-21-24/h2-6,8,15,26H,1,7,9-12H2,(H2,20,27). The highest BCUT2D eigenvalue weighted by molar-refractivity contribution is 5.93. The molecule has 0 aliphatic carbocycles. The van der Waals surface area contributed by atoms with Crippen LogP contribution in [0.3, 0.4) is 0 Å². The molecule has 2 aromatic heterocycles. The lowest BCUT2D eigenvalue weighted by molar-refractivity contribution is 0.100. The highest BCUT2D eigenvalue weighted by Gasteiger charge is 2.26. The number of primary amides is 1. The second kappa shape index (κ2) is 7.32. The van der Waals surface area contributed by atoms with E-state index in [0.717, 1.165) is 30.8 Å². The lowest BCUT2D eigenvalue weighted by Gasteiger charge is -2.22. The molecule has 1 amide bonds. The predicted molar refractivity (Wildman–Crippen MR) is 99.0 cm³/mol. The van der Waals surface area contributed by atoms with Gasteiger partial charge in [-0.15, -0.1) is 0 Å². The van der Waals surface area contributed by atoms with E-state index in [1.165, 1.54) is 5.69 Å². The molecule has 0 spiro atoms. The van der Waals surface area contributed by atoms with Crippen molar-refractivity contribution in [3.05, 3.63) is 53.6 Å². The fourth-order valence-electron chi connectivity index (χ4n) is 3.53. The van der Waals surface area contributed by atoms with Crippen LogP contribution in [-0.4, -0.2) is 42.2 Å². The molecule has 3 aromatic rings. The minimum Gasteiger partial charge on any atom is -0.396 e. The summed E-state index contributed by atoms with van der Waals surface area (Å²) < 4.78 is 3.94. The number of rotatable bonds is 6. The number of fused-ring (bicyclic) bond motifs is 1. The fourth-order valence-corrected chi connectivity index (χ4v) is 3.53. The van der Waals surface area contributed by atoms with Gasteiger partial charge in [-0.3, -0.25) is 9.48 Å². The lowest BCUT2D eigenvalue weighted by atomic mass is 9.95. The van der Waals surface area contributed by atoms with E-state index in [2.05, 4.69) is 10.2 Å². The largest absolute Gasteiger partial charge is 0.396 e. The number of amides is 1. The topological polar surface area (TPSA) is 112 Å². The molecule has 140 valence electrons. The summed E-state index contributed by atoms with van der Waals surface area (Å²) in [4.78, 5) is 16.1. The molecule has 0 saturated heterocycles. The van der Waals surface area contributed by atoms with Gasteiger partial charge in [0.15, 0.2) is 5.82 Å². The molecule has 0 bridgehead atoms. The summed E-state index contributed by atoms with van der Waals surface area (Å²) in [6.45, 7) is 1.59. The first-order valence-electron chi connectivity index (χ1n) is 9.12. The van der Waals surface area contributed by atoms with Gasteiger partial charge in [0, 0.05) is 48.6 Å². The Labute approximate surface area is 156 Å². The summed E-state index contributed by atoms with van der Waals surface area (Å²) in [5.41, 5.74) is 7.81. The molecule has 4 rings (SSSR count). The van der Waals surface area contributed by atoms with Crippen molar-refractivity contribution in [1.82, 2.24) is 24.5 Å². The van der Waals surface area contributed by atoms with Gasteiger partial charge < -0.3 is 10.8 Å². The number of aromatic nitrogens is 5. The van der Waals surface area contributed by atoms with E-state index in [1.807, 2.05) is 33.8 Å². The summed E-state index contributed by atoms with van der Waals surface area (Å²) in [5, 5.41) is 18.2. The van der Waals surface area contributed by atoms with E-state index in [0.29, 0.717) is 24.4 Å². The number of aliphatic hydroxyl groups excluding tert-OH is 1. The van der Waals surface area contributed by atoms with E-state index in [-0.39, 0.29) is 12.5 Å². The Balaban J connectivity index is 1.65. The van der Waals surface area contributed by atoms with Crippen LogP contribution in [0, 0.1) is 0 Å². The molecule has 1 aromatic carbocycles. The molecular weight excluding hydrogens is 344 g/mol. The van der Waals surface area contributed by atoms with Crippen LogP contribution in [0.5, 0.6) is 0 Å². The summed E-state index contributed by atoms with van der Waals surface area (Å²) >= 11 is 0.